The van der Waals surface area contributed by atoms with Gasteiger partial charge in [0.15, 0.2) is 0 Å². The number of hydrogen-bond donors (Lipinski definition) is 1. The van der Waals surface area contributed by atoms with Gasteiger partial charge in [-0.1, -0.05) is 61.8 Å². The number of rotatable bonds is 6. The Morgan fingerprint density at radius 2 is 2.00 bits per heavy atom. The van der Waals surface area contributed by atoms with Crippen molar-refractivity contribution in [1.82, 2.24) is 10.3 Å². The Morgan fingerprint density at radius 3 is 2.74 bits per heavy atom. The van der Waals surface area contributed by atoms with Crippen molar-refractivity contribution < 1.29 is 9.53 Å². The molecule has 0 bridgehead atoms. The van der Waals surface area contributed by atoms with E-state index >= 15 is 0 Å². The number of piperidine rings is 1. The molecule has 3 aromatic rings. The van der Waals surface area contributed by atoms with E-state index in [0.717, 1.165) is 47.8 Å². The van der Waals surface area contributed by atoms with Crippen LogP contribution in [0.3, 0.4) is 0 Å². The average molecular weight is 437 g/mol. The van der Waals surface area contributed by atoms with Gasteiger partial charge in [-0.15, -0.1) is 0 Å². The fraction of sp³-hybridized carbons (Fsp3) is 0.385. The minimum Gasteiger partial charge on any atom is -0.456 e. The first-order valence-electron chi connectivity index (χ1n) is 11.0. The van der Waals surface area contributed by atoms with Gasteiger partial charge in [-0.25, -0.2) is 0 Å². The monoisotopic (exact) mass is 436 g/mol. The molecule has 162 valence electrons. The van der Waals surface area contributed by atoms with Crippen LogP contribution in [-0.2, 0) is 16.0 Å². The number of nitrogens with zero attached hydrogens (tertiary/aromatic N) is 1. The Hall–Kier alpha value is -2.43. The van der Waals surface area contributed by atoms with Crippen LogP contribution in [0.2, 0.25) is 5.02 Å². The van der Waals surface area contributed by atoms with E-state index in [1.165, 1.54) is 0 Å². The summed E-state index contributed by atoms with van der Waals surface area (Å²) in [6.07, 6.45) is 4.74. The highest BCUT2D eigenvalue weighted by atomic mass is 35.5. The maximum Gasteiger partial charge on any atom is 0.310 e. The number of carbonyl (C=O) groups is 1. The molecule has 5 heteroatoms. The summed E-state index contributed by atoms with van der Waals surface area (Å²) >= 11 is 6.27. The summed E-state index contributed by atoms with van der Waals surface area (Å²) in [5, 5.41) is 5.28. The molecule has 0 radical (unpaired) electrons. The van der Waals surface area contributed by atoms with Gasteiger partial charge in [0.05, 0.1) is 11.9 Å². The molecule has 0 unspecified atom stereocenters. The van der Waals surface area contributed by atoms with Crippen LogP contribution in [0.1, 0.15) is 50.3 Å². The Morgan fingerprint density at radius 1 is 1.23 bits per heavy atom. The largest absolute Gasteiger partial charge is 0.456 e. The Bertz CT molecular complexity index is 1050. The van der Waals surface area contributed by atoms with E-state index in [9.17, 15) is 4.79 Å². The van der Waals surface area contributed by atoms with Gasteiger partial charge in [0, 0.05) is 34.8 Å². The number of esters is 1. The number of halogens is 1. The predicted octanol–water partition coefficient (Wildman–Crippen LogP) is 5.88. The molecule has 1 saturated heterocycles. The number of nitrogens with one attached hydrogen (secondary N) is 1. The maximum absolute atomic E-state index is 13.0. The van der Waals surface area contributed by atoms with E-state index < -0.39 is 0 Å². The second kappa shape index (κ2) is 9.37. The molecule has 1 fully saturated rings. The summed E-state index contributed by atoms with van der Waals surface area (Å²) in [5.74, 6) is -0.273. The van der Waals surface area contributed by atoms with Crippen molar-refractivity contribution >= 4 is 28.5 Å². The summed E-state index contributed by atoms with van der Waals surface area (Å²) in [5.41, 5.74) is 2.96. The quantitative estimate of drug-likeness (QED) is 0.490. The van der Waals surface area contributed by atoms with Crippen molar-refractivity contribution in [2.45, 2.75) is 51.7 Å². The van der Waals surface area contributed by atoms with Crippen LogP contribution in [-0.4, -0.2) is 23.5 Å². The van der Waals surface area contributed by atoms with Crippen molar-refractivity contribution in [1.29, 1.82) is 0 Å². The van der Waals surface area contributed by atoms with E-state index in [0.29, 0.717) is 5.02 Å². The lowest BCUT2D eigenvalue weighted by Crippen LogP contribution is -2.47. The zero-order chi connectivity index (χ0) is 21.8. The van der Waals surface area contributed by atoms with Gasteiger partial charge < -0.3 is 10.1 Å². The fourth-order valence-electron chi connectivity index (χ4n) is 4.34. The maximum atomic E-state index is 13.0. The topological polar surface area (TPSA) is 51.2 Å². The van der Waals surface area contributed by atoms with Gasteiger partial charge in [0.2, 0.25) is 0 Å². The van der Waals surface area contributed by atoms with Crippen LogP contribution in [0.25, 0.3) is 10.9 Å². The molecule has 1 aliphatic heterocycles. The minimum atomic E-state index is -0.385. The second-order valence-electron chi connectivity index (χ2n) is 8.79. The van der Waals surface area contributed by atoms with Crippen LogP contribution in [0, 0.1) is 5.41 Å². The number of ether oxygens (including phenoxy) is 1. The van der Waals surface area contributed by atoms with Crippen molar-refractivity contribution in [3.63, 3.8) is 0 Å². The highest BCUT2D eigenvalue weighted by molar-refractivity contribution is 6.31. The lowest BCUT2D eigenvalue weighted by molar-refractivity contribution is -0.151. The second-order valence-corrected chi connectivity index (χ2v) is 9.19. The lowest BCUT2D eigenvalue weighted by atomic mass is 9.77. The number of benzene rings is 2. The molecule has 1 N–H and O–H groups in total. The van der Waals surface area contributed by atoms with Crippen LogP contribution in [0.15, 0.2) is 60.8 Å². The first-order valence-corrected chi connectivity index (χ1v) is 11.4. The standard InChI is InChI=1S/C26H29ClN2O2/c1-3-26(2)14-12-23(29-17-26)25(20-13-15-28-22-11-7-5-9-19(20)22)31-24(30)16-18-8-4-6-10-21(18)27/h4-11,13,15,23,25,29H,3,12,14,16-17H2,1-2H3/t23-,25+,26-/m0/s1. The Kier molecular flexibility index (Phi) is 6.59. The summed E-state index contributed by atoms with van der Waals surface area (Å²) in [7, 11) is 0. The Labute approximate surface area is 189 Å². The predicted molar refractivity (Wildman–Crippen MR) is 125 cm³/mol. The molecule has 0 aliphatic carbocycles. The van der Waals surface area contributed by atoms with Crippen molar-refractivity contribution in [3.05, 3.63) is 76.9 Å². The van der Waals surface area contributed by atoms with Gasteiger partial charge in [-0.2, -0.15) is 0 Å². The number of para-hydroxylation sites is 1. The van der Waals surface area contributed by atoms with Gasteiger partial charge >= 0.3 is 5.97 Å². The average Bonchev–Trinajstić information content (AvgIpc) is 2.79. The molecule has 2 heterocycles. The summed E-state index contributed by atoms with van der Waals surface area (Å²) in [4.78, 5) is 17.5. The van der Waals surface area contributed by atoms with E-state index in [1.807, 2.05) is 48.5 Å². The number of carbonyl (C=O) groups excluding carboxylic acids is 1. The van der Waals surface area contributed by atoms with E-state index in [2.05, 4.69) is 24.1 Å². The highest BCUT2D eigenvalue weighted by Gasteiger charge is 2.36. The molecule has 4 rings (SSSR count). The van der Waals surface area contributed by atoms with Gasteiger partial charge in [0.1, 0.15) is 6.10 Å². The first-order chi connectivity index (χ1) is 15.0. The molecule has 1 aromatic heterocycles. The number of aromatic nitrogens is 1. The highest BCUT2D eigenvalue weighted by Crippen LogP contribution is 2.37. The fourth-order valence-corrected chi connectivity index (χ4v) is 4.54. The van der Waals surface area contributed by atoms with Crippen LogP contribution in [0.4, 0.5) is 0 Å². The molecule has 3 atom stereocenters. The first kappa shape index (κ1) is 21.8. The number of hydrogen-bond acceptors (Lipinski definition) is 4. The smallest absolute Gasteiger partial charge is 0.310 e. The van der Waals surface area contributed by atoms with E-state index in [4.69, 9.17) is 16.3 Å². The third-order valence-electron chi connectivity index (χ3n) is 6.61. The third-order valence-corrected chi connectivity index (χ3v) is 6.98. The molecular weight excluding hydrogens is 408 g/mol. The normalized spacial score (nSPS) is 22.2. The molecule has 0 saturated carbocycles. The van der Waals surface area contributed by atoms with Crippen molar-refractivity contribution in [3.8, 4) is 0 Å². The van der Waals surface area contributed by atoms with Crippen LogP contribution < -0.4 is 5.32 Å². The van der Waals surface area contributed by atoms with E-state index in [-0.39, 0.29) is 30.0 Å². The molecule has 31 heavy (non-hydrogen) atoms. The van der Waals surface area contributed by atoms with Crippen molar-refractivity contribution in [2.24, 2.45) is 5.41 Å². The molecule has 0 amide bonds. The van der Waals surface area contributed by atoms with Crippen LogP contribution in [0.5, 0.6) is 0 Å². The molecule has 1 aliphatic rings. The molecular formula is C26H29ClN2O2. The summed E-state index contributed by atoms with van der Waals surface area (Å²) in [6, 6.07) is 17.5. The minimum absolute atomic E-state index is 0.0561. The SMILES string of the molecule is CC[C@@]1(C)CC[C@@H]([C@H](OC(=O)Cc2ccccc2Cl)c2ccnc3ccccc23)NC1. The zero-order valence-electron chi connectivity index (χ0n) is 18.1. The van der Waals surface area contributed by atoms with Gasteiger partial charge in [-0.05, 0) is 48.4 Å². The third kappa shape index (κ3) is 4.91. The summed E-state index contributed by atoms with van der Waals surface area (Å²) in [6.45, 7) is 5.46. The lowest BCUT2D eigenvalue weighted by Gasteiger charge is -2.40. The number of pyridine rings is 1. The molecule has 4 nitrogen and oxygen atoms in total. The zero-order valence-corrected chi connectivity index (χ0v) is 18.9. The Balaban J connectivity index is 1.63. The van der Waals surface area contributed by atoms with Gasteiger partial charge in [-0.3, -0.25) is 9.78 Å². The number of fused-ring (bicyclic) bond motifs is 1. The summed E-state index contributed by atoms with van der Waals surface area (Å²) < 4.78 is 6.16. The molecule has 2 aromatic carbocycles. The van der Waals surface area contributed by atoms with Crippen molar-refractivity contribution in [2.75, 3.05) is 6.54 Å². The molecule has 0 spiro atoms. The van der Waals surface area contributed by atoms with Gasteiger partial charge in [0.25, 0.3) is 0 Å². The van der Waals surface area contributed by atoms with Crippen LogP contribution >= 0.6 is 11.6 Å². The van der Waals surface area contributed by atoms with E-state index in [1.54, 1.807) is 12.3 Å².